The van der Waals surface area contributed by atoms with Crippen LogP contribution in [0.25, 0.3) is 0 Å². The summed E-state index contributed by atoms with van der Waals surface area (Å²) in [6, 6.07) is 0. The molecule has 6 heteroatoms. The molecule has 4 nitrogen and oxygen atoms in total. The third kappa shape index (κ3) is 9.76. The lowest BCUT2D eigenvalue weighted by Crippen LogP contribution is -2.37. The average Bonchev–Trinajstić information content (AvgIpc) is 2.13. The van der Waals surface area contributed by atoms with Crippen molar-refractivity contribution in [2.45, 2.75) is 25.8 Å². The number of nitrogens with zero attached hydrogens (tertiary/aromatic N) is 1. The summed E-state index contributed by atoms with van der Waals surface area (Å²) < 4.78 is 6.24. The van der Waals surface area contributed by atoms with Crippen molar-refractivity contribution in [1.29, 1.82) is 0 Å². The lowest BCUT2D eigenvalue weighted by Gasteiger charge is -2.25. The van der Waals surface area contributed by atoms with Crippen molar-refractivity contribution in [2.24, 2.45) is 0 Å². The zero-order chi connectivity index (χ0) is 12.8. The molecule has 2 N–H and O–H groups in total. The summed E-state index contributed by atoms with van der Waals surface area (Å²) >= 11 is 5.57. The zero-order valence-corrected chi connectivity index (χ0v) is 12.6. The molecule has 1 unspecified atom stereocenters. The minimum Gasteiger partial charge on any atom is -0.350 e. The van der Waals surface area contributed by atoms with E-state index in [1.54, 1.807) is 0 Å². The Kier molecular flexibility index (Phi) is 7.34. The highest BCUT2D eigenvalue weighted by atomic mass is 35.5. The molecule has 0 rings (SSSR count). The Labute approximate surface area is 106 Å². The van der Waals surface area contributed by atoms with Crippen LogP contribution in [0.4, 0.5) is 0 Å². The smallest absolute Gasteiger partial charge is 0.167 e. The first-order chi connectivity index (χ1) is 7.16. The Bertz CT molecular complexity index is 198. The third-order valence-corrected chi connectivity index (χ3v) is 3.78. The third-order valence-electron chi connectivity index (χ3n) is 2.19. The first-order valence-electron chi connectivity index (χ1n) is 5.44. The van der Waals surface area contributed by atoms with Gasteiger partial charge in [-0.1, -0.05) is 0 Å². The summed E-state index contributed by atoms with van der Waals surface area (Å²) in [5, 5.41) is 0. The van der Waals surface area contributed by atoms with Crippen molar-refractivity contribution in [2.75, 3.05) is 40.5 Å². The summed E-state index contributed by atoms with van der Waals surface area (Å²) in [6.07, 6.45) is 1.45. The van der Waals surface area contributed by atoms with E-state index in [2.05, 4.69) is 26.0 Å². The SMILES string of the molecule is CC(C)(CCP(O)OCC[N+](C)(C)C)NCl. The molecule has 0 spiro atoms. The van der Waals surface area contributed by atoms with Crippen LogP contribution in [0.15, 0.2) is 0 Å². The molecular weight excluding hydrogens is 247 g/mol. The van der Waals surface area contributed by atoms with Crippen LogP contribution in [0.3, 0.4) is 0 Å². The minimum atomic E-state index is -1.31. The van der Waals surface area contributed by atoms with Crippen LogP contribution in [0.5, 0.6) is 0 Å². The van der Waals surface area contributed by atoms with Crippen molar-refractivity contribution in [3.63, 3.8) is 0 Å². The van der Waals surface area contributed by atoms with E-state index in [1.165, 1.54) is 0 Å². The van der Waals surface area contributed by atoms with Gasteiger partial charge >= 0.3 is 0 Å². The normalized spacial score (nSPS) is 15.2. The van der Waals surface area contributed by atoms with Crippen LogP contribution in [0, 0.1) is 0 Å². The largest absolute Gasteiger partial charge is 0.350 e. The van der Waals surface area contributed by atoms with Gasteiger partial charge in [0, 0.05) is 11.7 Å². The van der Waals surface area contributed by atoms with E-state index in [1.807, 2.05) is 13.8 Å². The first-order valence-corrected chi connectivity index (χ1v) is 7.21. The summed E-state index contributed by atoms with van der Waals surface area (Å²) in [5.41, 5.74) is -0.158. The molecule has 0 aliphatic carbocycles. The fourth-order valence-corrected chi connectivity index (χ4v) is 2.17. The molecule has 0 aromatic rings. The number of quaternary nitrogens is 1. The molecule has 0 saturated heterocycles. The molecule has 0 amide bonds. The molecule has 0 fully saturated rings. The molecule has 0 radical (unpaired) electrons. The van der Waals surface area contributed by atoms with E-state index >= 15 is 0 Å². The Morgan fingerprint density at radius 1 is 1.38 bits per heavy atom. The molecule has 0 aliphatic rings. The van der Waals surface area contributed by atoms with Crippen LogP contribution in [-0.2, 0) is 4.52 Å². The molecule has 0 saturated carbocycles. The number of hydrogen-bond acceptors (Lipinski definition) is 3. The standard InChI is InChI=1S/C10H25ClN2O2P/c1-10(2,12-11)6-9-16(14)15-8-7-13(3,4)5/h12,14H,6-9H2,1-5H3/q+1. The van der Waals surface area contributed by atoms with Crippen LogP contribution >= 0.6 is 20.2 Å². The van der Waals surface area contributed by atoms with Gasteiger partial charge < -0.3 is 13.9 Å². The number of hydrogen-bond donors (Lipinski definition) is 2. The van der Waals surface area contributed by atoms with Crippen molar-refractivity contribution in [3.8, 4) is 0 Å². The second-order valence-electron chi connectivity index (χ2n) is 5.65. The Morgan fingerprint density at radius 2 is 1.94 bits per heavy atom. The number of halogens is 1. The van der Waals surface area contributed by atoms with Crippen LogP contribution < -0.4 is 4.84 Å². The molecule has 0 aromatic heterocycles. The Morgan fingerprint density at radius 3 is 2.38 bits per heavy atom. The van der Waals surface area contributed by atoms with Gasteiger partial charge in [0.2, 0.25) is 0 Å². The first kappa shape index (κ1) is 16.6. The molecule has 0 aliphatic heterocycles. The second-order valence-corrected chi connectivity index (χ2v) is 7.25. The number of nitrogens with one attached hydrogen (secondary N) is 1. The van der Waals surface area contributed by atoms with Crippen molar-refractivity contribution in [1.82, 2.24) is 4.84 Å². The monoisotopic (exact) mass is 271 g/mol. The minimum absolute atomic E-state index is 0.158. The maximum Gasteiger partial charge on any atom is 0.167 e. The van der Waals surface area contributed by atoms with Gasteiger partial charge in [0.25, 0.3) is 0 Å². The van der Waals surface area contributed by atoms with Gasteiger partial charge in [-0.3, -0.25) is 0 Å². The van der Waals surface area contributed by atoms with E-state index in [-0.39, 0.29) is 5.54 Å². The zero-order valence-electron chi connectivity index (χ0n) is 11.0. The molecular formula is C10H25ClN2O2P+. The fraction of sp³-hybridized carbons (Fsp3) is 1.00. The Balaban J connectivity index is 3.64. The summed E-state index contributed by atoms with van der Waals surface area (Å²) in [5.74, 6) is 0. The van der Waals surface area contributed by atoms with Gasteiger partial charge in [-0.25, -0.2) is 4.84 Å². The second kappa shape index (κ2) is 7.10. The van der Waals surface area contributed by atoms with Gasteiger partial charge in [-0.05, 0) is 32.0 Å². The maximum atomic E-state index is 9.67. The van der Waals surface area contributed by atoms with E-state index < -0.39 is 8.38 Å². The highest BCUT2D eigenvalue weighted by Crippen LogP contribution is 2.33. The van der Waals surface area contributed by atoms with Crippen molar-refractivity contribution < 1.29 is 13.9 Å². The maximum absolute atomic E-state index is 9.67. The molecule has 98 valence electrons. The van der Waals surface area contributed by atoms with Crippen LogP contribution in [-0.4, -0.2) is 55.4 Å². The van der Waals surface area contributed by atoms with Gasteiger partial charge in [-0.15, -0.1) is 0 Å². The topological polar surface area (TPSA) is 41.5 Å². The quantitative estimate of drug-likeness (QED) is 0.403. The van der Waals surface area contributed by atoms with E-state index in [9.17, 15) is 4.89 Å². The highest BCUT2D eigenvalue weighted by Gasteiger charge is 2.19. The summed E-state index contributed by atoms with van der Waals surface area (Å²) in [6.45, 7) is 5.49. The Hall–Kier alpha value is 0.560. The lowest BCUT2D eigenvalue weighted by atomic mass is 10.0. The average molecular weight is 272 g/mol. The lowest BCUT2D eigenvalue weighted by molar-refractivity contribution is -0.870. The van der Waals surface area contributed by atoms with E-state index in [0.717, 1.165) is 17.4 Å². The van der Waals surface area contributed by atoms with Crippen molar-refractivity contribution >= 4 is 20.2 Å². The van der Waals surface area contributed by atoms with E-state index in [0.29, 0.717) is 12.8 Å². The highest BCUT2D eigenvalue weighted by molar-refractivity contribution is 7.46. The predicted molar refractivity (Wildman–Crippen MR) is 70.5 cm³/mol. The summed E-state index contributed by atoms with van der Waals surface area (Å²) in [4.78, 5) is 12.4. The van der Waals surface area contributed by atoms with Crippen LogP contribution in [0.2, 0.25) is 0 Å². The van der Waals surface area contributed by atoms with Crippen molar-refractivity contribution in [3.05, 3.63) is 0 Å². The van der Waals surface area contributed by atoms with Crippen LogP contribution in [0.1, 0.15) is 20.3 Å². The molecule has 16 heavy (non-hydrogen) atoms. The molecule has 1 atom stereocenters. The van der Waals surface area contributed by atoms with Gasteiger partial charge in [0.15, 0.2) is 8.38 Å². The predicted octanol–water partition coefficient (Wildman–Crippen LogP) is 1.93. The van der Waals surface area contributed by atoms with E-state index in [4.69, 9.17) is 16.3 Å². The van der Waals surface area contributed by atoms with Gasteiger partial charge in [0.05, 0.1) is 21.1 Å². The number of likely N-dealkylation sites (N-methyl/N-ethyl adjacent to an activating group) is 1. The fourth-order valence-electron chi connectivity index (χ4n) is 0.907. The summed E-state index contributed by atoms with van der Waals surface area (Å²) in [7, 11) is 4.99. The molecule has 0 bridgehead atoms. The van der Waals surface area contributed by atoms with Gasteiger partial charge in [0.1, 0.15) is 13.2 Å². The van der Waals surface area contributed by atoms with Gasteiger partial charge in [-0.2, -0.15) is 0 Å². The molecule has 0 aromatic carbocycles. The molecule has 0 heterocycles. The number of rotatable bonds is 8.